The number of phenols is 1. The smallest absolute Gasteiger partial charge is 0.143 e. The minimum atomic E-state index is 0.0802. The number of azo groups is 1. The number of hydrogen-bond acceptors (Lipinski definition) is 3. The van der Waals surface area contributed by atoms with Crippen molar-refractivity contribution in [2.45, 2.75) is 0 Å². The minimum absolute atomic E-state index is 0.0802. The quantitative estimate of drug-likeness (QED) is 0.488. The molecule has 0 aliphatic heterocycles. The number of rotatable bonds is 3. The summed E-state index contributed by atoms with van der Waals surface area (Å²) in [5.74, 6) is 0.0802. The lowest BCUT2D eigenvalue weighted by atomic mass is 10.1. The summed E-state index contributed by atoms with van der Waals surface area (Å²) in [5, 5.41) is 18.8. The Morgan fingerprint density at radius 1 is 0.826 bits per heavy atom. The summed E-state index contributed by atoms with van der Waals surface area (Å²) >= 11 is 9.36. The van der Waals surface area contributed by atoms with Gasteiger partial charge in [-0.2, -0.15) is 5.11 Å². The Morgan fingerprint density at radius 3 is 2.35 bits per heavy atom. The summed E-state index contributed by atoms with van der Waals surface area (Å²) in [6, 6.07) is 20.5. The molecule has 0 radical (unpaired) electrons. The third-order valence-electron chi connectivity index (χ3n) is 3.26. The van der Waals surface area contributed by atoms with Crippen molar-refractivity contribution in [3.05, 3.63) is 76.2 Å². The first-order chi connectivity index (χ1) is 11.1. The van der Waals surface area contributed by atoms with Gasteiger partial charge in [-0.15, -0.1) is 5.11 Å². The van der Waals surface area contributed by atoms with Crippen LogP contribution in [0.3, 0.4) is 0 Å². The fraction of sp³-hybridized carbons (Fsp3) is 0. The molecule has 23 heavy (non-hydrogen) atoms. The van der Waals surface area contributed by atoms with Gasteiger partial charge in [0.25, 0.3) is 0 Å². The van der Waals surface area contributed by atoms with Gasteiger partial charge in [-0.05, 0) is 57.4 Å². The maximum atomic E-state index is 9.97. The van der Waals surface area contributed by atoms with Crippen molar-refractivity contribution in [3.8, 4) is 16.9 Å². The van der Waals surface area contributed by atoms with Crippen molar-refractivity contribution < 1.29 is 5.11 Å². The second-order valence-electron chi connectivity index (χ2n) is 4.87. The highest BCUT2D eigenvalue weighted by Crippen LogP contribution is 2.34. The number of hydrogen-bond donors (Lipinski definition) is 1. The maximum absolute atomic E-state index is 9.97. The summed E-state index contributed by atoms with van der Waals surface area (Å²) in [4.78, 5) is 0. The lowest BCUT2D eigenvalue weighted by Gasteiger charge is -2.04. The fourth-order valence-electron chi connectivity index (χ4n) is 2.07. The molecule has 0 atom stereocenters. The first-order valence-corrected chi connectivity index (χ1v) is 8.06. The lowest BCUT2D eigenvalue weighted by molar-refractivity contribution is 0.476. The molecule has 0 heterocycles. The molecule has 114 valence electrons. The van der Waals surface area contributed by atoms with Crippen LogP contribution in [0.4, 0.5) is 11.4 Å². The Balaban J connectivity index is 1.93. The normalized spacial score (nSPS) is 11.0. The average molecular weight is 388 g/mol. The van der Waals surface area contributed by atoms with E-state index in [1.54, 1.807) is 30.3 Å². The lowest BCUT2D eigenvalue weighted by Crippen LogP contribution is -1.77. The first kappa shape index (κ1) is 15.7. The zero-order valence-electron chi connectivity index (χ0n) is 11.9. The van der Waals surface area contributed by atoms with Crippen LogP contribution in [0.15, 0.2) is 81.4 Å². The predicted octanol–water partition coefficient (Wildman–Crippen LogP) is 6.89. The second-order valence-corrected chi connectivity index (χ2v) is 6.13. The molecule has 3 aromatic carbocycles. The summed E-state index contributed by atoms with van der Waals surface area (Å²) < 4.78 is 0.798. The zero-order valence-corrected chi connectivity index (χ0v) is 14.3. The zero-order chi connectivity index (χ0) is 16.2. The monoisotopic (exact) mass is 386 g/mol. The molecule has 3 rings (SSSR count). The number of aromatic hydroxyl groups is 1. The second kappa shape index (κ2) is 6.94. The molecular formula is C18H12BrClN2O. The van der Waals surface area contributed by atoms with Crippen molar-refractivity contribution >= 4 is 38.9 Å². The number of benzene rings is 3. The van der Waals surface area contributed by atoms with Gasteiger partial charge in [-0.3, -0.25) is 0 Å². The fourth-order valence-corrected chi connectivity index (χ4v) is 2.49. The molecule has 0 spiro atoms. The van der Waals surface area contributed by atoms with E-state index in [1.165, 1.54) is 0 Å². The van der Waals surface area contributed by atoms with E-state index in [-0.39, 0.29) is 5.75 Å². The Kier molecular flexibility index (Phi) is 4.74. The van der Waals surface area contributed by atoms with E-state index in [9.17, 15) is 5.11 Å². The molecule has 1 N–H and O–H groups in total. The summed E-state index contributed by atoms with van der Waals surface area (Å²) in [6.07, 6.45) is 0. The van der Waals surface area contributed by atoms with Crippen LogP contribution in [0.25, 0.3) is 11.1 Å². The van der Waals surface area contributed by atoms with Gasteiger partial charge in [-0.25, -0.2) is 0 Å². The third-order valence-corrected chi connectivity index (χ3v) is 4.49. The van der Waals surface area contributed by atoms with E-state index in [4.69, 9.17) is 11.6 Å². The largest absolute Gasteiger partial charge is 0.506 e. The number of phenolic OH excluding ortho intramolecular Hbond substituents is 1. The van der Waals surface area contributed by atoms with Gasteiger partial charge < -0.3 is 5.11 Å². The van der Waals surface area contributed by atoms with E-state index >= 15 is 0 Å². The average Bonchev–Trinajstić information content (AvgIpc) is 2.58. The molecule has 3 aromatic rings. The highest BCUT2D eigenvalue weighted by atomic mass is 79.9. The SMILES string of the molecule is Oc1ccc(-c2ccccc2)cc1N=Nc1ccc(Br)c(Cl)c1. The van der Waals surface area contributed by atoms with E-state index in [2.05, 4.69) is 26.2 Å². The Hall–Kier alpha value is -2.17. The maximum Gasteiger partial charge on any atom is 0.143 e. The van der Waals surface area contributed by atoms with Crippen molar-refractivity contribution in [3.63, 3.8) is 0 Å². The molecule has 5 heteroatoms. The Morgan fingerprint density at radius 2 is 1.61 bits per heavy atom. The third kappa shape index (κ3) is 3.78. The molecular weight excluding hydrogens is 376 g/mol. The molecule has 0 bridgehead atoms. The Bertz CT molecular complexity index is 866. The minimum Gasteiger partial charge on any atom is -0.506 e. The van der Waals surface area contributed by atoms with Gasteiger partial charge in [0.1, 0.15) is 11.4 Å². The van der Waals surface area contributed by atoms with E-state index in [0.29, 0.717) is 16.4 Å². The highest BCUT2D eigenvalue weighted by molar-refractivity contribution is 9.10. The first-order valence-electron chi connectivity index (χ1n) is 6.89. The van der Waals surface area contributed by atoms with Crippen LogP contribution in [-0.2, 0) is 0 Å². The van der Waals surface area contributed by atoms with Crippen LogP contribution in [0.1, 0.15) is 0 Å². The molecule has 0 saturated carbocycles. The molecule has 0 amide bonds. The standard InChI is InChI=1S/C18H12BrClN2O/c19-15-8-7-14(11-16(15)20)21-22-17-10-13(6-9-18(17)23)12-4-2-1-3-5-12/h1-11,23H. The van der Waals surface area contributed by atoms with Crippen molar-refractivity contribution in [2.24, 2.45) is 10.2 Å². The van der Waals surface area contributed by atoms with E-state index < -0.39 is 0 Å². The molecule has 0 unspecified atom stereocenters. The van der Waals surface area contributed by atoms with Crippen molar-refractivity contribution in [1.29, 1.82) is 0 Å². The van der Waals surface area contributed by atoms with Crippen LogP contribution < -0.4 is 0 Å². The van der Waals surface area contributed by atoms with Gasteiger partial charge in [-0.1, -0.05) is 48.0 Å². The Labute approximate surface area is 147 Å². The van der Waals surface area contributed by atoms with Crippen LogP contribution in [0, 0.1) is 0 Å². The number of halogens is 2. The van der Waals surface area contributed by atoms with Gasteiger partial charge in [0.15, 0.2) is 0 Å². The van der Waals surface area contributed by atoms with Crippen molar-refractivity contribution in [1.82, 2.24) is 0 Å². The van der Waals surface area contributed by atoms with Crippen LogP contribution in [-0.4, -0.2) is 5.11 Å². The van der Waals surface area contributed by atoms with Crippen LogP contribution in [0.2, 0.25) is 5.02 Å². The number of nitrogens with zero attached hydrogens (tertiary/aromatic N) is 2. The van der Waals surface area contributed by atoms with E-state index in [1.807, 2.05) is 36.4 Å². The molecule has 0 saturated heterocycles. The van der Waals surface area contributed by atoms with Gasteiger partial charge in [0.2, 0.25) is 0 Å². The van der Waals surface area contributed by atoms with Gasteiger partial charge >= 0.3 is 0 Å². The van der Waals surface area contributed by atoms with Crippen LogP contribution >= 0.6 is 27.5 Å². The molecule has 3 nitrogen and oxygen atoms in total. The van der Waals surface area contributed by atoms with Crippen LogP contribution in [0.5, 0.6) is 5.75 Å². The summed E-state index contributed by atoms with van der Waals surface area (Å²) in [5.41, 5.74) is 3.04. The highest BCUT2D eigenvalue weighted by Gasteiger charge is 2.04. The molecule has 0 aromatic heterocycles. The van der Waals surface area contributed by atoms with Gasteiger partial charge in [0.05, 0.1) is 10.7 Å². The molecule has 0 aliphatic carbocycles. The van der Waals surface area contributed by atoms with Crippen molar-refractivity contribution in [2.75, 3.05) is 0 Å². The van der Waals surface area contributed by atoms with E-state index in [0.717, 1.165) is 15.6 Å². The topological polar surface area (TPSA) is 45.0 Å². The molecule has 0 fully saturated rings. The van der Waals surface area contributed by atoms with Gasteiger partial charge in [0, 0.05) is 4.47 Å². The molecule has 0 aliphatic rings. The predicted molar refractivity (Wildman–Crippen MR) is 96.9 cm³/mol. The summed E-state index contributed by atoms with van der Waals surface area (Å²) in [6.45, 7) is 0. The summed E-state index contributed by atoms with van der Waals surface area (Å²) in [7, 11) is 0.